The summed E-state index contributed by atoms with van der Waals surface area (Å²) in [6.07, 6.45) is 2.68. The molecule has 0 unspecified atom stereocenters. The van der Waals surface area contributed by atoms with Crippen LogP contribution >= 0.6 is 46.9 Å². The van der Waals surface area contributed by atoms with Gasteiger partial charge < -0.3 is 10.6 Å². The molecule has 0 saturated heterocycles. The Morgan fingerprint density at radius 2 is 2.09 bits per heavy atom. The summed E-state index contributed by atoms with van der Waals surface area (Å²) in [5.74, 6) is 0.808. The van der Waals surface area contributed by atoms with E-state index in [0.717, 1.165) is 31.0 Å². The lowest BCUT2D eigenvalue weighted by atomic mass is 10.2. The predicted molar refractivity (Wildman–Crippen MR) is 106 cm³/mol. The van der Waals surface area contributed by atoms with Crippen molar-refractivity contribution in [3.63, 3.8) is 0 Å². The molecular weight excluding hydrogens is 431 g/mol. The van der Waals surface area contributed by atoms with Crippen LogP contribution in [0, 0.1) is 6.92 Å². The molecule has 2 heterocycles. The van der Waals surface area contributed by atoms with E-state index in [1.165, 1.54) is 9.75 Å². The third kappa shape index (κ3) is 6.50. The number of aryl methyl sites for hydroxylation is 1. The molecule has 2 N–H and O–H groups in total. The molecule has 0 fully saturated rings. The second-order valence-electron chi connectivity index (χ2n) is 4.60. The Morgan fingerprint density at radius 1 is 1.27 bits per heavy atom. The predicted octanol–water partition coefficient (Wildman–Crippen LogP) is 3.63. The van der Waals surface area contributed by atoms with Crippen LogP contribution in [0.2, 0.25) is 5.15 Å². The monoisotopic (exact) mass is 450 g/mol. The van der Waals surface area contributed by atoms with Gasteiger partial charge in [0.1, 0.15) is 5.15 Å². The smallest absolute Gasteiger partial charge is 0.191 e. The van der Waals surface area contributed by atoms with Crippen molar-refractivity contribution in [1.29, 1.82) is 0 Å². The van der Waals surface area contributed by atoms with Crippen LogP contribution in [0.5, 0.6) is 0 Å². The highest BCUT2D eigenvalue weighted by molar-refractivity contribution is 14.0. The van der Waals surface area contributed by atoms with Crippen molar-refractivity contribution in [1.82, 2.24) is 15.6 Å². The highest BCUT2D eigenvalue weighted by Gasteiger charge is 2.01. The topological polar surface area (TPSA) is 49.3 Å². The lowest BCUT2D eigenvalue weighted by molar-refractivity contribution is 0.797. The Morgan fingerprint density at radius 3 is 2.68 bits per heavy atom. The molecule has 2 aromatic rings. The Balaban J connectivity index is 0.00000242. The third-order valence-corrected chi connectivity index (χ3v) is 4.17. The van der Waals surface area contributed by atoms with Gasteiger partial charge in [-0.05, 0) is 37.1 Å². The van der Waals surface area contributed by atoms with Crippen LogP contribution in [0.3, 0.4) is 0 Å². The number of aromatic nitrogens is 1. The maximum absolute atomic E-state index is 5.76. The number of hydrogen-bond acceptors (Lipinski definition) is 3. The molecule has 0 aliphatic carbocycles. The molecule has 4 nitrogen and oxygen atoms in total. The SMILES string of the molecule is CN=C(NCCc1ccc(Cl)nc1)NCc1ccc(C)s1.I. The molecule has 120 valence electrons. The molecule has 0 aromatic carbocycles. The minimum Gasteiger partial charge on any atom is -0.356 e. The molecule has 7 heteroatoms. The highest BCUT2D eigenvalue weighted by Crippen LogP contribution is 2.14. The van der Waals surface area contributed by atoms with E-state index in [2.05, 4.69) is 39.7 Å². The fourth-order valence-electron chi connectivity index (χ4n) is 1.85. The molecule has 0 radical (unpaired) electrons. The van der Waals surface area contributed by atoms with Crippen LogP contribution in [-0.4, -0.2) is 24.5 Å². The van der Waals surface area contributed by atoms with Crippen molar-refractivity contribution in [2.24, 2.45) is 4.99 Å². The molecule has 22 heavy (non-hydrogen) atoms. The summed E-state index contributed by atoms with van der Waals surface area (Å²) < 4.78 is 0. The van der Waals surface area contributed by atoms with Crippen LogP contribution in [0.15, 0.2) is 35.5 Å². The lowest BCUT2D eigenvalue weighted by Crippen LogP contribution is -2.37. The summed E-state index contributed by atoms with van der Waals surface area (Å²) in [6, 6.07) is 8.07. The summed E-state index contributed by atoms with van der Waals surface area (Å²) in [7, 11) is 1.78. The van der Waals surface area contributed by atoms with E-state index in [1.54, 1.807) is 24.6 Å². The summed E-state index contributed by atoms with van der Waals surface area (Å²) in [5.41, 5.74) is 1.15. The zero-order valence-electron chi connectivity index (χ0n) is 12.6. The van der Waals surface area contributed by atoms with Crippen molar-refractivity contribution in [3.05, 3.63) is 50.9 Å². The molecule has 0 aliphatic rings. The molecule has 0 amide bonds. The van der Waals surface area contributed by atoms with Crippen LogP contribution in [0.1, 0.15) is 15.3 Å². The van der Waals surface area contributed by atoms with Crippen LogP contribution in [0.4, 0.5) is 0 Å². The van der Waals surface area contributed by atoms with E-state index in [4.69, 9.17) is 11.6 Å². The van der Waals surface area contributed by atoms with Gasteiger partial charge in [0, 0.05) is 29.5 Å². The van der Waals surface area contributed by atoms with E-state index in [9.17, 15) is 0 Å². The number of thiophene rings is 1. The van der Waals surface area contributed by atoms with E-state index >= 15 is 0 Å². The van der Waals surface area contributed by atoms with E-state index < -0.39 is 0 Å². The fourth-order valence-corrected chi connectivity index (χ4v) is 2.79. The summed E-state index contributed by atoms with van der Waals surface area (Å²) in [6.45, 7) is 3.70. The van der Waals surface area contributed by atoms with Gasteiger partial charge in [0.25, 0.3) is 0 Å². The first kappa shape index (κ1) is 19.2. The van der Waals surface area contributed by atoms with Crippen LogP contribution in [0.25, 0.3) is 0 Å². The molecule has 0 saturated carbocycles. The van der Waals surface area contributed by atoms with Gasteiger partial charge in [-0.1, -0.05) is 17.7 Å². The molecule has 0 bridgehead atoms. The molecule has 0 spiro atoms. The average molecular weight is 451 g/mol. The van der Waals surface area contributed by atoms with Crippen molar-refractivity contribution in [2.75, 3.05) is 13.6 Å². The second-order valence-corrected chi connectivity index (χ2v) is 6.36. The maximum atomic E-state index is 5.76. The summed E-state index contributed by atoms with van der Waals surface area (Å²) in [5, 5.41) is 7.12. The minimum absolute atomic E-state index is 0. The fraction of sp³-hybridized carbons (Fsp3) is 0.333. The number of nitrogens with one attached hydrogen (secondary N) is 2. The first-order valence-electron chi connectivity index (χ1n) is 6.77. The number of guanidine groups is 1. The number of pyridine rings is 1. The Kier molecular flexibility index (Phi) is 8.74. The van der Waals surface area contributed by atoms with Gasteiger partial charge in [0.15, 0.2) is 5.96 Å². The normalized spacial score (nSPS) is 11.0. The molecular formula is C15H20ClIN4S. The first-order chi connectivity index (χ1) is 10.2. The van der Waals surface area contributed by atoms with E-state index in [0.29, 0.717) is 5.15 Å². The number of nitrogens with zero attached hydrogens (tertiary/aromatic N) is 2. The van der Waals surface area contributed by atoms with E-state index in [-0.39, 0.29) is 24.0 Å². The zero-order valence-corrected chi connectivity index (χ0v) is 16.5. The van der Waals surface area contributed by atoms with Crippen molar-refractivity contribution in [2.45, 2.75) is 19.9 Å². The highest BCUT2D eigenvalue weighted by atomic mass is 127. The lowest BCUT2D eigenvalue weighted by Gasteiger charge is -2.11. The van der Waals surface area contributed by atoms with Crippen molar-refractivity contribution < 1.29 is 0 Å². The Hall–Kier alpha value is -0.860. The second kappa shape index (κ2) is 10.0. The van der Waals surface area contributed by atoms with Gasteiger partial charge in [0.2, 0.25) is 0 Å². The van der Waals surface area contributed by atoms with E-state index in [1.807, 2.05) is 12.1 Å². The van der Waals surface area contributed by atoms with Gasteiger partial charge in [-0.25, -0.2) is 4.98 Å². The molecule has 0 aliphatic heterocycles. The van der Waals surface area contributed by atoms with Crippen molar-refractivity contribution >= 4 is 52.9 Å². The largest absolute Gasteiger partial charge is 0.356 e. The first-order valence-corrected chi connectivity index (χ1v) is 7.97. The van der Waals surface area contributed by atoms with Crippen LogP contribution in [-0.2, 0) is 13.0 Å². The number of aliphatic imine (C=N–C) groups is 1. The Labute approximate surface area is 157 Å². The molecule has 0 atom stereocenters. The number of hydrogen-bond donors (Lipinski definition) is 2. The van der Waals surface area contributed by atoms with Crippen molar-refractivity contribution in [3.8, 4) is 0 Å². The van der Waals surface area contributed by atoms with Crippen LogP contribution < -0.4 is 10.6 Å². The average Bonchev–Trinajstić information content (AvgIpc) is 2.90. The number of halogens is 2. The molecule has 2 rings (SSSR count). The summed E-state index contributed by atoms with van der Waals surface area (Å²) >= 11 is 7.56. The standard InChI is InChI=1S/C15H19ClN4S.HI/c1-11-3-5-13(21-11)10-20-15(17-2)18-8-7-12-4-6-14(16)19-9-12;/h3-6,9H,7-8,10H2,1-2H3,(H2,17,18,20);1H. The minimum atomic E-state index is 0. The molecule has 2 aromatic heterocycles. The van der Waals surface area contributed by atoms with Gasteiger partial charge >= 0.3 is 0 Å². The zero-order chi connectivity index (χ0) is 15.1. The summed E-state index contributed by atoms with van der Waals surface area (Å²) in [4.78, 5) is 10.9. The third-order valence-electron chi connectivity index (χ3n) is 2.94. The van der Waals surface area contributed by atoms with Gasteiger partial charge in [0.05, 0.1) is 6.54 Å². The quantitative estimate of drug-likeness (QED) is 0.316. The number of rotatable bonds is 5. The maximum Gasteiger partial charge on any atom is 0.191 e. The van der Waals surface area contributed by atoms with Gasteiger partial charge in [-0.3, -0.25) is 4.99 Å². The van der Waals surface area contributed by atoms with Gasteiger partial charge in [-0.2, -0.15) is 0 Å². The van der Waals surface area contributed by atoms with Gasteiger partial charge in [-0.15, -0.1) is 35.3 Å². The Bertz CT molecular complexity index is 598.